The van der Waals surface area contributed by atoms with E-state index in [1.165, 1.54) is 11.1 Å². The Kier molecular flexibility index (Phi) is 5.71. The molecule has 2 aromatic rings. The number of aliphatic hydroxyl groups is 4. The van der Waals surface area contributed by atoms with E-state index in [2.05, 4.69) is 17.0 Å². The molecule has 28 heavy (non-hydrogen) atoms. The van der Waals surface area contributed by atoms with Gasteiger partial charge in [-0.05, 0) is 28.3 Å². The number of aliphatic hydroxyl groups excluding tert-OH is 4. The highest BCUT2D eigenvalue weighted by Crippen LogP contribution is 2.35. The lowest BCUT2D eigenvalue weighted by Gasteiger charge is -2.40. The molecule has 5 unspecified atom stereocenters. The molecule has 0 radical (unpaired) electrons. The van der Waals surface area contributed by atoms with Crippen LogP contribution in [0.2, 0.25) is 5.02 Å². The average molecular weight is 406 g/mol. The molecule has 4 N–H and O–H groups in total. The van der Waals surface area contributed by atoms with E-state index < -0.39 is 37.1 Å². The maximum atomic E-state index is 10.4. The number of hydrogen-bond acceptors (Lipinski definition) is 6. The van der Waals surface area contributed by atoms with Crippen molar-refractivity contribution in [2.45, 2.75) is 50.2 Å². The van der Waals surface area contributed by atoms with E-state index in [0.717, 1.165) is 18.7 Å². The van der Waals surface area contributed by atoms with E-state index in [1.54, 1.807) is 12.1 Å². The zero-order chi connectivity index (χ0) is 19.8. The average Bonchev–Trinajstić information content (AvgIpc) is 3.11. The van der Waals surface area contributed by atoms with Gasteiger partial charge in [-0.25, -0.2) is 0 Å². The predicted molar refractivity (Wildman–Crippen MR) is 104 cm³/mol. The molecule has 0 amide bonds. The lowest BCUT2D eigenvalue weighted by molar-refractivity contribution is -0.231. The molecule has 1 fully saturated rings. The quantitative estimate of drug-likeness (QED) is 0.614. The van der Waals surface area contributed by atoms with Crippen molar-refractivity contribution in [3.8, 4) is 0 Å². The molecule has 2 aliphatic rings. The lowest BCUT2D eigenvalue weighted by Crippen LogP contribution is -2.55. The summed E-state index contributed by atoms with van der Waals surface area (Å²) in [6, 6.07) is 13.7. The molecule has 4 rings (SSSR count). The van der Waals surface area contributed by atoms with Crippen molar-refractivity contribution in [3.63, 3.8) is 0 Å². The normalized spacial score (nSPS) is 30.4. The first-order valence-corrected chi connectivity index (χ1v) is 9.73. The number of nitrogens with zero attached hydrogens (tertiary/aromatic N) is 1. The molecule has 0 bridgehead atoms. The minimum atomic E-state index is -1.40. The first-order chi connectivity index (χ1) is 13.5. The molecule has 0 aromatic heterocycles. The Morgan fingerprint density at radius 3 is 2.29 bits per heavy atom. The smallest absolute Gasteiger partial charge is 0.113 e. The van der Waals surface area contributed by atoms with Gasteiger partial charge in [-0.1, -0.05) is 48.0 Å². The number of ether oxygens (including phenoxy) is 1. The summed E-state index contributed by atoms with van der Waals surface area (Å²) in [5.41, 5.74) is 4.16. The Hall–Kier alpha value is -1.51. The second-order valence-corrected chi connectivity index (χ2v) is 7.92. The Morgan fingerprint density at radius 2 is 1.64 bits per heavy atom. The number of benzene rings is 2. The third kappa shape index (κ3) is 3.69. The summed E-state index contributed by atoms with van der Waals surface area (Å²) in [6.45, 7) is 1.88. The van der Waals surface area contributed by atoms with Gasteiger partial charge in [0, 0.05) is 24.7 Å². The van der Waals surface area contributed by atoms with Crippen LogP contribution in [0.5, 0.6) is 0 Å². The van der Waals surface area contributed by atoms with Crippen LogP contribution in [-0.4, -0.2) is 56.3 Å². The molecular formula is C21H24ClNO5. The maximum Gasteiger partial charge on any atom is 0.113 e. The van der Waals surface area contributed by atoms with Crippen LogP contribution < -0.4 is 0 Å². The third-order valence-corrected chi connectivity index (χ3v) is 5.96. The predicted octanol–water partition coefficient (Wildman–Crippen LogP) is 1.37. The van der Waals surface area contributed by atoms with Gasteiger partial charge in [0.05, 0.1) is 6.61 Å². The number of halogens is 1. The van der Waals surface area contributed by atoms with Gasteiger partial charge >= 0.3 is 0 Å². The van der Waals surface area contributed by atoms with E-state index >= 15 is 0 Å². The molecule has 0 saturated carbocycles. The van der Waals surface area contributed by atoms with E-state index in [9.17, 15) is 20.4 Å². The summed E-state index contributed by atoms with van der Waals surface area (Å²) in [5.74, 6) is 0. The number of rotatable bonds is 4. The van der Waals surface area contributed by atoms with Gasteiger partial charge in [-0.15, -0.1) is 0 Å². The van der Waals surface area contributed by atoms with Gasteiger partial charge in [0.1, 0.15) is 30.5 Å². The molecule has 6 nitrogen and oxygen atoms in total. The maximum absolute atomic E-state index is 10.4. The summed E-state index contributed by atoms with van der Waals surface area (Å²) in [4.78, 5) is 2.28. The van der Waals surface area contributed by atoms with Crippen molar-refractivity contribution in [1.82, 2.24) is 4.90 Å². The molecule has 0 spiro atoms. The van der Waals surface area contributed by atoms with Gasteiger partial charge in [-0.2, -0.15) is 0 Å². The second-order valence-electron chi connectivity index (χ2n) is 7.51. The molecule has 5 atom stereocenters. The van der Waals surface area contributed by atoms with Crippen molar-refractivity contribution < 1.29 is 25.2 Å². The van der Waals surface area contributed by atoms with Crippen LogP contribution in [0.25, 0.3) is 0 Å². The molecule has 2 aliphatic heterocycles. The third-order valence-electron chi connectivity index (χ3n) is 5.59. The monoisotopic (exact) mass is 405 g/mol. The van der Waals surface area contributed by atoms with Gasteiger partial charge in [0.25, 0.3) is 0 Å². The highest BCUT2D eigenvalue weighted by molar-refractivity contribution is 6.31. The fourth-order valence-electron chi connectivity index (χ4n) is 4.03. The van der Waals surface area contributed by atoms with Gasteiger partial charge in [0.2, 0.25) is 0 Å². The van der Waals surface area contributed by atoms with Crippen LogP contribution in [0.15, 0.2) is 42.5 Å². The summed E-state index contributed by atoms with van der Waals surface area (Å²) in [7, 11) is 0. The van der Waals surface area contributed by atoms with Crippen molar-refractivity contribution >= 4 is 11.6 Å². The van der Waals surface area contributed by atoms with E-state index in [0.29, 0.717) is 17.1 Å². The summed E-state index contributed by atoms with van der Waals surface area (Å²) in [6.07, 6.45) is -5.87. The van der Waals surface area contributed by atoms with Crippen LogP contribution >= 0.6 is 11.6 Å². The largest absolute Gasteiger partial charge is 0.394 e. The van der Waals surface area contributed by atoms with Crippen molar-refractivity contribution in [2.24, 2.45) is 0 Å². The fraction of sp³-hybridized carbons (Fsp3) is 0.429. The molecule has 2 heterocycles. The lowest BCUT2D eigenvalue weighted by atomic mass is 9.90. The Bertz CT molecular complexity index is 820. The van der Waals surface area contributed by atoms with Crippen LogP contribution in [-0.2, 0) is 24.4 Å². The Balaban J connectivity index is 1.54. The van der Waals surface area contributed by atoms with Crippen molar-refractivity contribution in [2.75, 3.05) is 6.61 Å². The summed E-state index contributed by atoms with van der Waals surface area (Å²) in [5, 5.41) is 40.4. The fourth-order valence-corrected chi connectivity index (χ4v) is 4.20. The zero-order valence-electron chi connectivity index (χ0n) is 15.3. The molecule has 150 valence electrons. The minimum Gasteiger partial charge on any atom is -0.394 e. The molecule has 0 aliphatic carbocycles. The number of fused-ring (bicyclic) bond motifs is 1. The first kappa shape index (κ1) is 19.8. The van der Waals surface area contributed by atoms with Gasteiger partial charge < -0.3 is 25.2 Å². The van der Waals surface area contributed by atoms with E-state index in [1.807, 2.05) is 18.2 Å². The first-order valence-electron chi connectivity index (χ1n) is 9.36. The topological polar surface area (TPSA) is 93.4 Å². The second kappa shape index (κ2) is 8.08. The standard InChI is InChI=1S/C21H24ClNO5/c22-16-6-5-12(21-20(27)19(26)18(25)17(11-24)28-21)7-15(16)10-23-8-13-3-1-2-4-14(13)9-23/h1-7,17-21,24-27H,8-11H2. The van der Waals surface area contributed by atoms with E-state index in [4.69, 9.17) is 16.3 Å². The van der Waals surface area contributed by atoms with Crippen LogP contribution in [0.3, 0.4) is 0 Å². The Morgan fingerprint density at radius 1 is 0.964 bits per heavy atom. The van der Waals surface area contributed by atoms with Gasteiger partial charge in [0.15, 0.2) is 0 Å². The molecule has 1 saturated heterocycles. The van der Waals surface area contributed by atoms with Crippen LogP contribution in [0, 0.1) is 0 Å². The van der Waals surface area contributed by atoms with Crippen LogP contribution in [0.4, 0.5) is 0 Å². The SMILES string of the molecule is OCC1OC(c2ccc(Cl)c(CN3Cc4ccccc4C3)c2)C(O)C(O)C1O. The summed E-state index contributed by atoms with van der Waals surface area (Å²) < 4.78 is 5.67. The molecule has 2 aromatic carbocycles. The Labute approximate surface area is 168 Å². The number of hydrogen-bond donors (Lipinski definition) is 4. The summed E-state index contributed by atoms with van der Waals surface area (Å²) >= 11 is 6.41. The zero-order valence-corrected chi connectivity index (χ0v) is 16.0. The molecular weight excluding hydrogens is 382 g/mol. The highest BCUT2D eigenvalue weighted by Gasteiger charge is 2.44. The van der Waals surface area contributed by atoms with Crippen molar-refractivity contribution in [3.05, 3.63) is 69.7 Å². The van der Waals surface area contributed by atoms with Crippen LogP contribution in [0.1, 0.15) is 28.4 Å². The van der Waals surface area contributed by atoms with Crippen molar-refractivity contribution in [1.29, 1.82) is 0 Å². The highest BCUT2D eigenvalue weighted by atomic mass is 35.5. The molecule has 7 heteroatoms. The van der Waals surface area contributed by atoms with Gasteiger partial charge in [-0.3, -0.25) is 4.90 Å². The minimum absolute atomic E-state index is 0.450. The van der Waals surface area contributed by atoms with E-state index in [-0.39, 0.29) is 0 Å².